The molecule has 1 aromatic carbocycles. The molecule has 2 heterocycles. The Morgan fingerprint density at radius 2 is 2.28 bits per heavy atom. The SMILES string of the molecule is C=C[C@@H]1CN(C)CC[C@H]1CC[C@H](O)c1ccnc2ccc(OC)cc12. The molecule has 0 amide bonds. The molecule has 0 unspecified atom stereocenters. The van der Waals surface area contributed by atoms with Crippen LogP contribution in [-0.4, -0.2) is 42.2 Å². The standard InChI is InChI=1S/C21H28N2O2/c1-4-15-14-23(2)12-10-16(15)5-8-21(24)18-9-11-22-20-7-6-17(25-3)13-19(18)20/h4,6-7,9,11,13,15-16,21,24H,1,5,8,10,12,14H2,2-3H3/t15-,16-,21+/m1/s1. The Balaban J connectivity index is 1.74. The fraction of sp³-hybridized carbons (Fsp3) is 0.476. The van der Waals surface area contributed by atoms with Gasteiger partial charge in [-0.2, -0.15) is 0 Å². The first-order chi connectivity index (χ1) is 12.1. The number of hydrogen-bond acceptors (Lipinski definition) is 4. The minimum absolute atomic E-state index is 0.484. The lowest BCUT2D eigenvalue weighted by atomic mass is 9.81. The van der Waals surface area contributed by atoms with Crippen LogP contribution in [0.3, 0.4) is 0 Å². The highest BCUT2D eigenvalue weighted by atomic mass is 16.5. The number of aromatic nitrogens is 1. The maximum absolute atomic E-state index is 10.8. The van der Waals surface area contributed by atoms with E-state index in [1.807, 2.05) is 24.3 Å². The van der Waals surface area contributed by atoms with Crippen molar-refractivity contribution in [2.45, 2.75) is 25.4 Å². The summed E-state index contributed by atoms with van der Waals surface area (Å²) in [7, 11) is 3.82. The molecule has 1 N–H and O–H groups in total. The van der Waals surface area contributed by atoms with Gasteiger partial charge in [-0.15, -0.1) is 6.58 Å². The second kappa shape index (κ2) is 7.98. The van der Waals surface area contributed by atoms with Crippen LogP contribution in [0.25, 0.3) is 10.9 Å². The summed E-state index contributed by atoms with van der Waals surface area (Å²) in [6.45, 7) is 6.20. The number of nitrogens with zero attached hydrogens (tertiary/aromatic N) is 2. The number of aliphatic hydroxyl groups is 1. The van der Waals surface area contributed by atoms with Gasteiger partial charge in [0.15, 0.2) is 0 Å². The van der Waals surface area contributed by atoms with E-state index in [1.165, 1.54) is 6.42 Å². The Morgan fingerprint density at radius 3 is 3.04 bits per heavy atom. The molecule has 0 saturated carbocycles. The predicted octanol–water partition coefficient (Wildman–Crippen LogP) is 3.81. The molecule has 3 rings (SSSR count). The quantitative estimate of drug-likeness (QED) is 0.812. The lowest BCUT2D eigenvalue weighted by Crippen LogP contribution is -2.37. The van der Waals surface area contributed by atoms with Gasteiger partial charge in [0.1, 0.15) is 5.75 Å². The third kappa shape index (κ3) is 4.02. The molecule has 1 aliphatic rings. The maximum Gasteiger partial charge on any atom is 0.119 e. The number of methoxy groups -OCH3 is 1. The zero-order valence-corrected chi connectivity index (χ0v) is 15.2. The molecule has 0 spiro atoms. The number of pyridine rings is 1. The van der Waals surface area contributed by atoms with Crippen LogP contribution < -0.4 is 4.74 Å². The molecule has 4 nitrogen and oxygen atoms in total. The average Bonchev–Trinajstić information content (AvgIpc) is 2.65. The summed E-state index contributed by atoms with van der Waals surface area (Å²) in [4.78, 5) is 6.76. The van der Waals surface area contributed by atoms with Crippen molar-refractivity contribution in [3.63, 3.8) is 0 Å². The van der Waals surface area contributed by atoms with E-state index in [2.05, 4.69) is 29.6 Å². The normalized spacial score (nSPS) is 22.7. The number of piperidine rings is 1. The summed E-state index contributed by atoms with van der Waals surface area (Å²) < 4.78 is 5.33. The molecule has 1 fully saturated rings. The van der Waals surface area contributed by atoms with Crippen molar-refractivity contribution in [1.29, 1.82) is 0 Å². The number of likely N-dealkylation sites (tertiary alicyclic amines) is 1. The second-order valence-corrected chi connectivity index (χ2v) is 7.09. The van der Waals surface area contributed by atoms with Crippen LogP contribution >= 0.6 is 0 Å². The van der Waals surface area contributed by atoms with Crippen LogP contribution in [0.15, 0.2) is 43.1 Å². The van der Waals surface area contributed by atoms with Crippen molar-refractivity contribution in [1.82, 2.24) is 9.88 Å². The first kappa shape index (κ1) is 17.9. The number of fused-ring (bicyclic) bond motifs is 1. The van der Waals surface area contributed by atoms with E-state index in [9.17, 15) is 5.11 Å². The van der Waals surface area contributed by atoms with E-state index >= 15 is 0 Å². The van der Waals surface area contributed by atoms with Crippen molar-refractivity contribution in [2.75, 3.05) is 27.2 Å². The summed E-state index contributed by atoms with van der Waals surface area (Å²) in [5.74, 6) is 1.90. The number of rotatable bonds is 6. The Hall–Kier alpha value is -1.91. The molecular weight excluding hydrogens is 312 g/mol. The molecular formula is C21H28N2O2. The Labute approximate surface area is 150 Å². The van der Waals surface area contributed by atoms with Crippen LogP contribution in [0.1, 0.15) is 30.9 Å². The number of aliphatic hydroxyl groups excluding tert-OH is 1. The Morgan fingerprint density at radius 1 is 1.44 bits per heavy atom. The molecule has 0 radical (unpaired) electrons. The largest absolute Gasteiger partial charge is 0.497 e. The third-order valence-corrected chi connectivity index (χ3v) is 5.46. The van der Waals surface area contributed by atoms with Crippen molar-refractivity contribution in [3.05, 3.63) is 48.7 Å². The molecule has 0 bridgehead atoms. The fourth-order valence-corrected chi connectivity index (χ4v) is 3.92. The van der Waals surface area contributed by atoms with Crippen LogP contribution in [0, 0.1) is 11.8 Å². The highest BCUT2D eigenvalue weighted by Gasteiger charge is 2.26. The lowest BCUT2D eigenvalue weighted by Gasteiger charge is -2.35. The second-order valence-electron chi connectivity index (χ2n) is 7.09. The van der Waals surface area contributed by atoms with Crippen molar-refractivity contribution < 1.29 is 9.84 Å². The van der Waals surface area contributed by atoms with Gasteiger partial charge in [-0.25, -0.2) is 0 Å². The van der Waals surface area contributed by atoms with Gasteiger partial charge in [-0.3, -0.25) is 4.98 Å². The van der Waals surface area contributed by atoms with E-state index in [1.54, 1.807) is 13.3 Å². The molecule has 0 aliphatic carbocycles. The summed E-state index contributed by atoms with van der Waals surface area (Å²) in [5, 5.41) is 11.8. The van der Waals surface area contributed by atoms with E-state index in [0.717, 1.165) is 48.1 Å². The molecule has 3 atom stereocenters. The summed E-state index contributed by atoms with van der Waals surface area (Å²) >= 11 is 0. The third-order valence-electron chi connectivity index (χ3n) is 5.46. The van der Waals surface area contributed by atoms with E-state index < -0.39 is 6.10 Å². The molecule has 2 aromatic rings. The van der Waals surface area contributed by atoms with Crippen LogP contribution in [0.2, 0.25) is 0 Å². The lowest BCUT2D eigenvalue weighted by molar-refractivity contribution is 0.124. The van der Waals surface area contributed by atoms with Crippen LogP contribution in [0.5, 0.6) is 5.75 Å². The predicted molar refractivity (Wildman–Crippen MR) is 102 cm³/mol. The minimum atomic E-state index is -0.484. The molecule has 1 aliphatic heterocycles. The van der Waals surface area contributed by atoms with Gasteiger partial charge < -0.3 is 14.7 Å². The van der Waals surface area contributed by atoms with Gasteiger partial charge in [0.25, 0.3) is 0 Å². The molecule has 4 heteroatoms. The number of hydrogen-bond donors (Lipinski definition) is 1. The Bertz CT molecular complexity index is 731. The zero-order chi connectivity index (χ0) is 17.8. The van der Waals surface area contributed by atoms with Gasteiger partial charge in [-0.05, 0) is 74.5 Å². The van der Waals surface area contributed by atoms with Gasteiger partial charge in [0.05, 0.1) is 18.7 Å². The van der Waals surface area contributed by atoms with Gasteiger partial charge in [0.2, 0.25) is 0 Å². The Kier molecular flexibility index (Phi) is 5.71. The minimum Gasteiger partial charge on any atom is -0.497 e. The molecule has 1 aromatic heterocycles. The topological polar surface area (TPSA) is 45.6 Å². The van der Waals surface area contributed by atoms with Crippen molar-refractivity contribution >= 4 is 10.9 Å². The molecule has 1 saturated heterocycles. The monoisotopic (exact) mass is 340 g/mol. The molecule has 25 heavy (non-hydrogen) atoms. The van der Waals surface area contributed by atoms with Crippen molar-refractivity contribution in [2.24, 2.45) is 11.8 Å². The highest BCUT2D eigenvalue weighted by Crippen LogP contribution is 2.33. The summed E-state index contributed by atoms with van der Waals surface area (Å²) in [5.41, 5.74) is 1.83. The van der Waals surface area contributed by atoms with Gasteiger partial charge in [0, 0.05) is 18.1 Å². The summed E-state index contributed by atoms with van der Waals surface area (Å²) in [6.07, 6.45) is 6.32. The van der Waals surface area contributed by atoms with Gasteiger partial charge in [-0.1, -0.05) is 6.08 Å². The highest BCUT2D eigenvalue weighted by molar-refractivity contribution is 5.83. The van der Waals surface area contributed by atoms with Gasteiger partial charge >= 0.3 is 0 Å². The van der Waals surface area contributed by atoms with Crippen LogP contribution in [-0.2, 0) is 0 Å². The van der Waals surface area contributed by atoms with E-state index in [4.69, 9.17) is 4.74 Å². The maximum atomic E-state index is 10.8. The van der Waals surface area contributed by atoms with E-state index in [-0.39, 0.29) is 0 Å². The number of benzene rings is 1. The summed E-state index contributed by atoms with van der Waals surface area (Å²) in [6, 6.07) is 7.73. The first-order valence-electron chi connectivity index (χ1n) is 9.04. The fourth-order valence-electron chi connectivity index (χ4n) is 3.92. The zero-order valence-electron chi connectivity index (χ0n) is 15.2. The van der Waals surface area contributed by atoms with E-state index in [0.29, 0.717) is 11.8 Å². The van der Waals surface area contributed by atoms with Crippen molar-refractivity contribution in [3.8, 4) is 5.75 Å². The van der Waals surface area contributed by atoms with Crippen LogP contribution in [0.4, 0.5) is 0 Å². The average molecular weight is 340 g/mol. The first-order valence-corrected chi connectivity index (χ1v) is 9.04. The number of ether oxygens (including phenoxy) is 1. The molecule has 134 valence electrons. The smallest absolute Gasteiger partial charge is 0.119 e.